The maximum absolute atomic E-state index is 13.5. The van der Waals surface area contributed by atoms with Crippen molar-refractivity contribution in [2.75, 3.05) is 13.2 Å². The number of hydrogen-bond donors (Lipinski definition) is 0. The van der Waals surface area contributed by atoms with Crippen molar-refractivity contribution in [3.63, 3.8) is 0 Å². The molecule has 2 aromatic carbocycles. The summed E-state index contributed by atoms with van der Waals surface area (Å²) >= 11 is 7.88. The predicted molar refractivity (Wildman–Crippen MR) is 114 cm³/mol. The zero-order chi connectivity index (χ0) is 19.8. The molecule has 3 heterocycles. The highest BCUT2D eigenvalue weighted by molar-refractivity contribution is 7.09. The number of ether oxygens (including phenoxy) is 1. The highest BCUT2D eigenvalue weighted by atomic mass is 35.5. The summed E-state index contributed by atoms with van der Waals surface area (Å²) in [4.78, 5) is 21.1. The van der Waals surface area contributed by atoms with Crippen LogP contribution >= 0.6 is 22.9 Å². The van der Waals surface area contributed by atoms with E-state index in [-0.39, 0.29) is 18.1 Å². The maximum Gasteiger partial charge on any atom is 0.226 e. The van der Waals surface area contributed by atoms with E-state index in [0.717, 1.165) is 34.5 Å². The number of nitrogens with zero attached hydrogens (tertiary/aromatic N) is 2. The number of amides is 1. The van der Waals surface area contributed by atoms with Crippen molar-refractivity contribution in [1.82, 2.24) is 9.88 Å². The molecule has 5 rings (SSSR count). The summed E-state index contributed by atoms with van der Waals surface area (Å²) in [5.41, 5.74) is 6.41. The number of aromatic nitrogens is 1. The van der Waals surface area contributed by atoms with Crippen LogP contribution in [0.1, 0.15) is 45.8 Å². The molecule has 0 bridgehead atoms. The molecule has 29 heavy (non-hydrogen) atoms. The van der Waals surface area contributed by atoms with Crippen LogP contribution in [0.3, 0.4) is 0 Å². The summed E-state index contributed by atoms with van der Waals surface area (Å²) in [6.07, 6.45) is 1.85. The topological polar surface area (TPSA) is 42.4 Å². The first-order valence-corrected chi connectivity index (χ1v) is 11.1. The lowest BCUT2D eigenvalue weighted by atomic mass is 9.93. The quantitative estimate of drug-likeness (QED) is 0.595. The Kier molecular flexibility index (Phi) is 5.12. The average molecular weight is 425 g/mol. The molecule has 2 aliphatic heterocycles. The van der Waals surface area contributed by atoms with E-state index < -0.39 is 0 Å². The van der Waals surface area contributed by atoms with E-state index >= 15 is 0 Å². The summed E-state index contributed by atoms with van der Waals surface area (Å²) in [6, 6.07) is 15.9. The summed E-state index contributed by atoms with van der Waals surface area (Å²) in [6.45, 7) is 1.31. The second-order valence-electron chi connectivity index (χ2n) is 7.47. The van der Waals surface area contributed by atoms with Crippen LogP contribution in [0.4, 0.5) is 0 Å². The van der Waals surface area contributed by atoms with E-state index in [9.17, 15) is 4.79 Å². The largest absolute Gasteiger partial charge is 0.373 e. The Hall–Kier alpha value is -2.21. The van der Waals surface area contributed by atoms with Gasteiger partial charge in [-0.25, -0.2) is 4.98 Å². The summed E-state index contributed by atoms with van der Waals surface area (Å²) in [5, 5.41) is 0.677. The van der Waals surface area contributed by atoms with Crippen LogP contribution in [0.25, 0.3) is 0 Å². The number of hydrogen-bond acceptors (Lipinski definition) is 4. The smallest absolute Gasteiger partial charge is 0.226 e. The molecule has 4 nitrogen and oxygen atoms in total. The molecule has 0 saturated carbocycles. The molecular weight excluding hydrogens is 404 g/mol. The number of thiazole rings is 1. The lowest BCUT2D eigenvalue weighted by molar-refractivity contribution is -0.136. The highest BCUT2D eigenvalue weighted by Crippen LogP contribution is 2.39. The van der Waals surface area contributed by atoms with Crippen molar-refractivity contribution in [3.05, 3.63) is 86.3 Å². The number of carbonyl (C=O) groups excluding carboxylic acids is 1. The van der Waals surface area contributed by atoms with Crippen molar-refractivity contribution in [2.45, 2.75) is 31.4 Å². The van der Waals surface area contributed by atoms with Crippen LogP contribution < -0.4 is 0 Å². The fraction of sp³-hybridized carbons (Fsp3) is 0.304. The van der Waals surface area contributed by atoms with Gasteiger partial charge in [-0.15, -0.1) is 11.3 Å². The number of benzene rings is 2. The standard InChI is InChI=1S/C23H21ClN2O2S/c24-17-6-3-5-16(12-17)22-23-19(25-14-29-23)8-10-26(22)21(27)13-20-18-7-2-1-4-15(18)9-11-28-20/h1-7,12,14,20,22H,8-11,13H2. The Bertz CT molecular complexity index is 1050. The molecular formula is C23H21ClN2O2S. The van der Waals surface area contributed by atoms with E-state index in [2.05, 4.69) is 17.1 Å². The van der Waals surface area contributed by atoms with Gasteiger partial charge in [0, 0.05) is 18.0 Å². The van der Waals surface area contributed by atoms with Gasteiger partial charge in [-0.05, 0) is 35.2 Å². The Morgan fingerprint density at radius 1 is 1.21 bits per heavy atom. The minimum absolute atomic E-state index is 0.107. The third-order valence-electron chi connectivity index (χ3n) is 5.76. The summed E-state index contributed by atoms with van der Waals surface area (Å²) in [5.74, 6) is 0.107. The minimum atomic E-state index is -0.185. The van der Waals surface area contributed by atoms with Crippen molar-refractivity contribution in [3.8, 4) is 0 Å². The van der Waals surface area contributed by atoms with Gasteiger partial charge < -0.3 is 9.64 Å². The molecule has 2 unspecified atom stereocenters. The third-order valence-corrected chi connectivity index (χ3v) is 6.92. The van der Waals surface area contributed by atoms with Crippen LogP contribution in [0.15, 0.2) is 54.0 Å². The van der Waals surface area contributed by atoms with Gasteiger partial charge in [0.2, 0.25) is 5.91 Å². The van der Waals surface area contributed by atoms with E-state index in [1.807, 2.05) is 46.8 Å². The zero-order valence-corrected chi connectivity index (χ0v) is 17.5. The third kappa shape index (κ3) is 3.59. The van der Waals surface area contributed by atoms with Crippen LogP contribution in [-0.4, -0.2) is 28.9 Å². The first-order valence-electron chi connectivity index (χ1n) is 9.87. The lowest BCUT2D eigenvalue weighted by Gasteiger charge is -2.37. The number of carbonyl (C=O) groups is 1. The molecule has 2 atom stereocenters. The molecule has 1 amide bonds. The molecule has 0 spiro atoms. The number of rotatable bonds is 3. The first-order chi connectivity index (χ1) is 14.2. The molecule has 0 fully saturated rings. The number of halogens is 1. The molecule has 3 aromatic rings. The van der Waals surface area contributed by atoms with Gasteiger partial charge in [0.15, 0.2) is 0 Å². The van der Waals surface area contributed by atoms with E-state index in [0.29, 0.717) is 24.6 Å². The normalized spacial score (nSPS) is 20.8. The molecule has 0 radical (unpaired) electrons. The Morgan fingerprint density at radius 2 is 2.10 bits per heavy atom. The lowest BCUT2D eigenvalue weighted by Crippen LogP contribution is -2.41. The van der Waals surface area contributed by atoms with Crippen molar-refractivity contribution in [2.24, 2.45) is 0 Å². The van der Waals surface area contributed by atoms with E-state index in [1.165, 1.54) is 5.56 Å². The summed E-state index contributed by atoms with van der Waals surface area (Å²) < 4.78 is 6.00. The maximum atomic E-state index is 13.5. The van der Waals surface area contributed by atoms with Gasteiger partial charge in [0.25, 0.3) is 0 Å². The fourth-order valence-corrected chi connectivity index (χ4v) is 5.56. The minimum Gasteiger partial charge on any atom is -0.373 e. The molecule has 1 aromatic heterocycles. The second-order valence-corrected chi connectivity index (χ2v) is 8.79. The monoisotopic (exact) mass is 424 g/mol. The van der Waals surface area contributed by atoms with E-state index in [4.69, 9.17) is 16.3 Å². The van der Waals surface area contributed by atoms with Gasteiger partial charge in [-0.2, -0.15) is 0 Å². The summed E-state index contributed by atoms with van der Waals surface area (Å²) in [7, 11) is 0. The molecule has 2 aliphatic rings. The van der Waals surface area contributed by atoms with Crippen LogP contribution in [0, 0.1) is 0 Å². The van der Waals surface area contributed by atoms with Gasteiger partial charge in [-0.3, -0.25) is 4.79 Å². The predicted octanol–water partition coefficient (Wildman–Crippen LogP) is 4.97. The second kappa shape index (κ2) is 7.90. The molecule has 6 heteroatoms. The number of fused-ring (bicyclic) bond motifs is 2. The van der Waals surface area contributed by atoms with Crippen molar-refractivity contribution in [1.29, 1.82) is 0 Å². The molecule has 0 aliphatic carbocycles. The van der Waals surface area contributed by atoms with Gasteiger partial charge in [0.05, 0.1) is 41.3 Å². The first kappa shape index (κ1) is 18.8. The molecule has 148 valence electrons. The van der Waals surface area contributed by atoms with Crippen LogP contribution in [0.5, 0.6) is 0 Å². The molecule has 0 N–H and O–H groups in total. The van der Waals surface area contributed by atoms with Gasteiger partial charge in [0.1, 0.15) is 0 Å². The Morgan fingerprint density at radius 3 is 3.00 bits per heavy atom. The Labute approximate surface area is 179 Å². The van der Waals surface area contributed by atoms with E-state index in [1.54, 1.807) is 11.3 Å². The van der Waals surface area contributed by atoms with Crippen molar-refractivity contribution >= 4 is 28.8 Å². The Balaban J connectivity index is 1.46. The van der Waals surface area contributed by atoms with Crippen molar-refractivity contribution < 1.29 is 9.53 Å². The van der Waals surface area contributed by atoms with Crippen LogP contribution in [-0.2, 0) is 22.4 Å². The highest BCUT2D eigenvalue weighted by Gasteiger charge is 2.35. The van der Waals surface area contributed by atoms with Gasteiger partial charge in [-0.1, -0.05) is 48.0 Å². The van der Waals surface area contributed by atoms with Crippen LogP contribution in [0.2, 0.25) is 5.02 Å². The fourth-order valence-electron chi connectivity index (χ4n) is 4.38. The molecule has 0 saturated heterocycles. The van der Waals surface area contributed by atoms with Gasteiger partial charge >= 0.3 is 0 Å². The zero-order valence-electron chi connectivity index (χ0n) is 15.9. The SMILES string of the molecule is O=C(CC1OCCc2ccccc21)N1CCc2ncsc2C1c1cccc(Cl)c1. The average Bonchev–Trinajstić information content (AvgIpc) is 3.22.